The average Bonchev–Trinajstić information content (AvgIpc) is 3.02. The summed E-state index contributed by atoms with van der Waals surface area (Å²) in [6.07, 6.45) is 0.398. The number of nitrogens with one attached hydrogen (secondary N) is 2. The van der Waals surface area contributed by atoms with Gasteiger partial charge in [-0.1, -0.05) is 30.3 Å². The van der Waals surface area contributed by atoms with Crippen molar-refractivity contribution in [1.82, 2.24) is 20.5 Å². The monoisotopic (exact) mass is 487 g/mol. The van der Waals surface area contributed by atoms with Crippen molar-refractivity contribution in [3.8, 4) is 0 Å². The van der Waals surface area contributed by atoms with Crippen LogP contribution in [0.4, 0.5) is 0 Å². The number of aryl methyl sites for hydroxylation is 1. The molecule has 0 aliphatic carbocycles. The first-order valence-corrected chi connectivity index (χ1v) is 9.10. The summed E-state index contributed by atoms with van der Waals surface area (Å²) in [4.78, 5) is 22.6. The Balaban J connectivity index is 0.00000338. The molecular formula is C18H26IN5OS. The van der Waals surface area contributed by atoms with Gasteiger partial charge in [0.1, 0.15) is 0 Å². The molecule has 0 aliphatic heterocycles. The zero-order chi connectivity index (χ0) is 18.1. The first kappa shape index (κ1) is 22.4. The highest BCUT2D eigenvalue weighted by Crippen LogP contribution is 2.09. The van der Waals surface area contributed by atoms with E-state index >= 15 is 0 Å². The molecule has 26 heavy (non-hydrogen) atoms. The summed E-state index contributed by atoms with van der Waals surface area (Å²) in [6.45, 7) is 3.77. The highest BCUT2D eigenvalue weighted by Gasteiger charge is 2.09. The molecule has 0 unspecified atom stereocenters. The van der Waals surface area contributed by atoms with Crippen LogP contribution in [0.2, 0.25) is 0 Å². The van der Waals surface area contributed by atoms with Crippen molar-refractivity contribution < 1.29 is 4.79 Å². The fourth-order valence-corrected chi connectivity index (χ4v) is 2.96. The molecule has 2 rings (SSSR count). The molecule has 1 heterocycles. The van der Waals surface area contributed by atoms with Crippen LogP contribution in [-0.4, -0.2) is 42.4 Å². The summed E-state index contributed by atoms with van der Waals surface area (Å²) in [5, 5.41) is 9.25. The normalized spacial score (nSPS) is 10.8. The Labute approximate surface area is 176 Å². The van der Waals surface area contributed by atoms with Gasteiger partial charge in [0.15, 0.2) is 5.96 Å². The topological polar surface area (TPSA) is 69.6 Å². The van der Waals surface area contributed by atoms with Crippen LogP contribution < -0.4 is 10.6 Å². The van der Waals surface area contributed by atoms with E-state index in [1.165, 1.54) is 0 Å². The minimum absolute atomic E-state index is 0. The van der Waals surface area contributed by atoms with Crippen molar-refractivity contribution in [2.75, 3.05) is 20.6 Å². The van der Waals surface area contributed by atoms with Crippen molar-refractivity contribution in [1.29, 1.82) is 0 Å². The number of aromatic nitrogens is 1. The fourth-order valence-electron chi connectivity index (χ4n) is 2.36. The number of guanidine groups is 1. The van der Waals surface area contributed by atoms with E-state index in [-0.39, 0.29) is 29.9 Å². The Kier molecular flexibility index (Phi) is 10.2. The maximum Gasteiger partial charge on any atom is 0.222 e. The van der Waals surface area contributed by atoms with Gasteiger partial charge in [-0.05, 0) is 12.5 Å². The number of carbonyl (C=O) groups excluding carboxylic acids is 1. The first-order valence-electron chi connectivity index (χ1n) is 8.22. The smallest absolute Gasteiger partial charge is 0.222 e. The van der Waals surface area contributed by atoms with E-state index < -0.39 is 0 Å². The van der Waals surface area contributed by atoms with Crippen molar-refractivity contribution in [3.05, 3.63) is 52.0 Å². The van der Waals surface area contributed by atoms with Crippen LogP contribution >= 0.6 is 35.3 Å². The number of hydrogen-bond acceptors (Lipinski definition) is 4. The van der Waals surface area contributed by atoms with E-state index in [9.17, 15) is 4.79 Å². The summed E-state index contributed by atoms with van der Waals surface area (Å²) in [7, 11) is 3.69. The van der Waals surface area contributed by atoms with E-state index in [2.05, 4.69) is 26.0 Å². The summed E-state index contributed by atoms with van der Waals surface area (Å²) in [6, 6.07) is 9.88. The number of hydrogen-bond donors (Lipinski definition) is 2. The van der Waals surface area contributed by atoms with Gasteiger partial charge in [-0.25, -0.2) is 4.98 Å². The van der Waals surface area contributed by atoms with Crippen LogP contribution in [0.3, 0.4) is 0 Å². The van der Waals surface area contributed by atoms with Gasteiger partial charge in [0, 0.05) is 39.0 Å². The highest BCUT2D eigenvalue weighted by molar-refractivity contribution is 14.0. The van der Waals surface area contributed by atoms with Gasteiger partial charge < -0.3 is 15.5 Å². The minimum atomic E-state index is 0. The van der Waals surface area contributed by atoms with Crippen LogP contribution in [0, 0.1) is 6.92 Å². The molecular weight excluding hydrogens is 461 g/mol. The van der Waals surface area contributed by atoms with Crippen LogP contribution in [0.5, 0.6) is 0 Å². The second-order valence-corrected chi connectivity index (χ2v) is 6.76. The largest absolute Gasteiger partial charge is 0.356 e. The lowest BCUT2D eigenvalue weighted by Gasteiger charge is -2.21. The summed E-state index contributed by atoms with van der Waals surface area (Å²) in [5.74, 6) is 0.770. The fraction of sp³-hybridized carbons (Fsp3) is 0.389. The number of nitrogens with zero attached hydrogens (tertiary/aromatic N) is 3. The first-order chi connectivity index (χ1) is 12.1. The number of benzene rings is 1. The van der Waals surface area contributed by atoms with Gasteiger partial charge in [-0.2, -0.15) is 0 Å². The number of thiazole rings is 1. The molecule has 1 aromatic carbocycles. The summed E-state index contributed by atoms with van der Waals surface area (Å²) in [5.41, 5.74) is 2.12. The maximum atomic E-state index is 11.9. The Morgan fingerprint density at radius 3 is 2.62 bits per heavy atom. The van der Waals surface area contributed by atoms with Gasteiger partial charge in [0.2, 0.25) is 5.91 Å². The summed E-state index contributed by atoms with van der Waals surface area (Å²) < 4.78 is 0. The second kappa shape index (κ2) is 11.8. The molecule has 0 aliphatic rings. The van der Waals surface area contributed by atoms with E-state index in [4.69, 9.17) is 0 Å². The molecule has 8 heteroatoms. The zero-order valence-electron chi connectivity index (χ0n) is 15.4. The predicted molar refractivity (Wildman–Crippen MR) is 118 cm³/mol. The number of amides is 1. The van der Waals surface area contributed by atoms with Gasteiger partial charge in [0.25, 0.3) is 0 Å². The average molecular weight is 487 g/mol. The van der Waals surface area contributed by atoms with E-state index in [1.54, 1.807) is 18.4 Å². The molecule has 2 aromatic rings. The van der Waals surface area contributed by atoms with E-state index in [0.717, 1.165) is 22.2 Å². The Bertz CT molecular complexity index is 705. The third kappa shape index (κ3) is 7.69. The van der Waals surface area contributed by atoms with Crippen LogP contribution in [0.1, 0.15) is 22.7 Å². The number of aliphatic imine (C=N–C) groups is 1. The lowest BCUT2D eigenvalue weighted by atomic mass is 10.2. The van der Waals surface area contributed by atoms with Crippen molar-refractivity contribution >= 4 is 47.2 Å². The molecule has 1 amide bonds. The molecule has 0 radical (unpaired) electrons. The maximum absolute atomic E-state index is 11.9. The SMILES string of the molecule is CN=C(NCCC(=O)NCc1ccccc1)N(C)Cc1csc(C)n1.I. The quantitative estimate of drug-likeness (QED) is 0.358. The van der Waals surface area contributed by atoms with Crippen LogP contribution in [-0.2, 0) is 17.9 Å². The Morgan fingerprint density at radius 2 is 2.00 bits per heavy atom. The van der Waals surface area contributed by atoms with E-state index in [0.29, 0.717) is 26.1 Å². The molecule has 0 fully saturated rings. The molecule has 0 atom stereocenters. The lowest BCUT2D eigenvalue weighted by Crippen LogP contribution is -2.40. The Morgan fingerprint density at radius 1 is 1.27 bits per heavy atom. The molecule has 0 saturated heterocycles. The molecule has 0 saturated carbocycles. The van der Waals surface area contributed by atoms with Crippen LogP contribution in [0.25, 0.3) is 0 Å². The third-order valence-electron chi connectivity index (χ3n) is 3.61. The van der Waals surface area contributed by atoms with Gasteiger partial charge in [0.05, 0.1) is 17.2 Å². The van der Waals surface area contributed by atoms with Crippen molar-refractivity contribution in [3.63, 3.8) is 0 Å². The minimum Gasteiger partial charge on any atom is -0.356 e. The van der Waals surface area contributed by atoms with Gasteiger partial charge in [-0.3, -0.25) is 9.79 Å². The van der Waals surface area contributed by atoms with Crippen molar-refractivity contribution in [2.45, 2.75) is 26.4 Å². The van der Waals surface area contributed by atoms with Gasteiger partial charge >= 0.3 is 0 Å². The lowest BCUT2D eigenvalue weighted by molar-refractivity contribution is -0.121. The molecule has 2 N–H and O–H groups in total. The van der Waals surface area contributed by atoms with Crippen LogP contribution in [0.15, 0.2) is 40.7 Å². The summed E-state index contributed by atoms with van der Waals surface area (Å²) >= 11 is 1.64. The third-order valence-corrected chi connectivity index (χ3v) is 4.43. The van der Waals surface area contributed by atoms with Gasteiger partial charge in [-0.15, -0.1) is 35.3 Å². The highest BCUT2D eigenvalue weighted by atomic mass is 127. The molecule has 1 aromatic heterocycles. The van der Waals surface area contributed by atoms with Crippen molar-refractivity contribution in [2.24, 2.45) is 4.99 Å². The number of rotatable bonds is 7. The molecule has 142 valence electrons. The zero-order valence-corrected chi connectivity index (χ0v) is 18.5. The second-order valence-electron chi connectivity index (χ2n) is 5.70. The Hall–Kier alpha value is -1.68. The number of halogens is 1. The predicted octanol–water partition coefficient (Wildman–Crippen LogP) is 2.78. The molecule has 0 spiro atoms. The number of carbonyl (C=O) groups is 1. The molecule has 6 nitrogen and oxygen atoms in total. The van der Waals surface area contributed by atoms with E-state index in [1.807, 2.05) is 49.2 Å². The molecule has 0 bridgehead atoms. The standard InChI is InChI=1S/C18H25N5OS.HI/c1-14-22-16(13-25-14)12-23(3)18(19-2)20-10-9-17(24)21-11-15-7-5-4-6-8-15;/h4-8,13H,9-12H2,1-3H3,(H,19,20)(H,21,24);1H.